The lowest BCUT2D eigenvalue weighted by Crippen LogP contribution is -2.55. The van der Waals surface area contributed by atoms with E-state index in [1.165, 1.54) is 4.90 Å². The van der Waals surface area contributed by atoms with Gasteiger partial charge >= 0.3 is 6.09 Å². The van der Waals surface area contributed by atoms with Crippen LogP contribution in [0.5, 0.6) is 5.75 Å². The Balaban J connectivity index is 1.97. The Bertz CT molecular complexity index is 1290. The summed E-state index contributed by atoms with van der Waals surface area (Å²) in [6.07, 6.45) is 0.321. The lowest BCUT2D eigenvalue weighted by Gasteiger charge is -2.41. The summed E-state index contributed by atoms with van der Waals surface area (Å²) in [7, 11) is 1.62. The van der Waals surface area contributed by atoms with Crippen molar-refractivity contribution < 1.29 is 38.1 Å². The van der Waals surface area contributed by atoms with E-state index in [4.69, 9.17) is 18.9 Å². The fourth-order valence-electron chi connectivity index (χ4n) is 6.06. The quantitative estimate of drug-likeness (QED) is 0.289. The third kappa shape index (κ3) is 9.84. The van der Waals surface area contributed by atoms with E-state index in [-0.39, 0.29) is 55.2 Å². The zero-order valence-electron chi connectivity index (χ0n) is 30.9. The van der Waals surface area contributed by atoms with E-state index in [1.54, 1.807) is 57.6 Å². The highest BCUT2D eigenvalue weighted by Crippen LogP contribution is 2.41. The van der Waals surface area contributed by atoms with Crippen LogP contribution in [0.4, 0.5) is 16.2 Å². The van der Waals surface area contributed by atoms with Gasteiger partial charge in [0.1, 0.15) is 11.4 Å². The highest BCUT2D eigenvalue weighted by molar-refractivity contribution is 6.04. The van der Waals surface area contributed by atoms with Crippen molar-refractivity contribution in [3.8, 4) is 5.75 Å². The third-order valence-corrected chi connectivity index (χ3v) is 8.58. The minimum atomic E-state index is -1.05. The van der Waals surface area contributed by atoms with Crippen molar-refractivity contribution in [1.29, 1.82) is 0 Å². The first kappa shape index (κ1) is 39.1. The molecular weight excluding hydrogens is 616 g/mol. The number of nitrogens with zero attached hydrogens (tertiary/aromatic N) is 3. The first-order valence-electron chi connectivity index (χ1n) is 17.2. The van der Waals surface area contributed by atoms with Crippen molar-refractivity contribution in [2.45, 2.75) is 105 Å². The van der Waals surface area contributed by atoms with Crippen LogP contribution in [0, 0.1) is 17.8 Å². The molecule has 12 heteroatoms. The van der Waals surface area contributed by atoms with E-state index in [0.29, 0.717) is 49.9 Å². The van der Waals surface area contributed by atoms with Crippen molar-refractivity contribution >= 4 is 35.2 Å². The van der Waals surface area contributed by atoms with Gasteiger partial charge in [0.2, 0.25) is 11.8 Å². The molecule has 0 unspecified atom stereocenters. The number of hydrogen-bond donors (Lipinski definition) is 1. The molecule has 3 rings (SSSR count). The summed E-state index contributed by atoms with van der Waals surface area (Å²) >= 11 is 0. The second-order valence-corrected chi connectivity index (χ2v) is 14.9. The van der Waals surface area contributed by atoms with Gasteiger partial charge in [-0.3, -0.25) is 14.4 Å². The van der Waals surface area contributed by atoms with Gasteiger partial charge in [-0.2, -0.15) is 0 Å². The standard InChI is InChI=1S/C36H58N4O8/c1-12-46-22-28(23(2)3)37-31(41)25-18-26(21-38(20-25)34(44)48-35(6,7)8)32(42)40(24(4)5)27-14-15-30-29(19-27)39(16-13-17-45-11)33(43)36(9,10)47-30/h14-15,19,23-26,28H,12-13,16-18,20-22H2,1-11H3,(H,37,41)/t25-,26+,28-/m0/s1. The largest absolute Gasteiger partial charge is 0.476 e. The Kier molecular flexibility index (Phi) is 13.3. The smallest absolute Gasteiger partial charge is 0.410 e. The van der Waals surface area contributed by atoms with E-state index in [9.17, 15) is 19.2 Å². The first-order chi connectivity index (χ1) is 22.4. The molecule has 48 heavy (non-hydrogen) atoms. The zero-order chi connectivity index (χ0) is 36.0. The molecule has 0 radical (unpaired) electrons. The average molecular weight is 675 g/mol. The normalized spacial score (nSPS) is 19.9. The van der Waals surface area contributed by atoms with E-state index in [1.807, 2.05) is 46.8 Å². The van der Waals surface area contributed by atoms with E-state index >= 15 is 0 Å². The van der Waals surface area contributed by atoms with Crippen LogP contribution in [0.3, 0.4) is 0 Å². The number of hydrogen-bond acceptors (Lipinski definition) is 8. The molecule has 1 aromatic rings. The molecule has 3 atom stereocenters. The van der Waals surface area contributed by atoms with Crippen molar-refractivity contribution in [1.82, 2.24) is 10.2 Å². The molecule has 2 aliphatic rings. The Labute approximate surface area is 286 Å². The van der Waals surface area contributed by atoms with E-state index < -0.39 is 29.1 Å². The van der Waals surface area contributed by atoms with Crippen LogP contribution in [-0.2, 0) is 28.6 Å². The number of methoxy groups -OCH3 is 1. The number of amides is 4. The molecule has 0 aromatic heterocycles. The summed E-state index contributed by atoms with van der Waals surface area (Å²) < 4.78 is 22.6. The van der Waals surface area contributed by atoms with Gasteiger partial charge < -0.3 is 39.0 Å². The van der Waals surface area contributed by atoms with Crippen molar-refractivity contribution in [3.63, 3.8) is 0 Å². The predicted octanol–water partition coefficient (Wildman–Crippen LogP) is 5.02. The SMILES string of the molecule is CCOC[C@H](NC(=O)[C@H]1C[C@@H](C(=O)N(c2ccc3c(c2)N(CCCOC)C(=O)C(C)(C)O3)C(C)C)CN(C(=O)OC(C)(C)C)C1)C(C)C. The number of carbonyl (C=O) groups is 4. The predicted molar refractivity (Wildman–Crippen MR) is 185 cm³/mol. The van der Waals surface area contributed by atoms with Crippen LogP contribution in [0.2, 0.25) is 0 Å². The van der Waals surface area contributed by atoms with Gasteiger partial charge in [-0.1, -0.05) is 13.8 Å². The minimum Gasteiger partial charge on any atom is -0.476 e. The number of piperidine rings is 1. The van der Waals surface area contributed by atoms with Crippen molar-refractivity contribution in [2.75, 3.05) is 56.4 Å². The molecule has 1 aromatic carbocycles. The number of fused-ring (bicyclic) bond motifs is 1. The van der Waals surface area contributed by atoms with Gasteiger partial charge in [0, 0.05) is 51.7 Å². The number of rotatable bonds is 13. The maximum atomic E-state index is 14.5. The Hall–Kier alpha value is -3.38. The highest BCUT2D eigenvalue weighted by atomic mass is 16.6. The molecule has 1 N–H and O–H groups in total. The Morgan fingerprint density at radius 1 is 1.10 bits per heavy atom. The van der Waals surface area contributed by atoms with E-state index in [0.717, 1.165) is 0 Å². The van der Waals surface area contributed by atoms with Gasteiger partial charge in [0.25, 0.3) is 5.91 Å². The molecule has 0 saturated carbocycles. The lowest BCUT2D eigenvalue weighted by atomic mass is 9.86. The minimum absolute atomic E-state index is 0.108. The van der Waals surface area contributed by atoms with Gasteiger partial charge in [-0.05, 0) is 92.3 Å². The van der Waals surface area contributed by atoms with Crippen LogP contribution < -0.4 is 19.9 Å². The summed E-state index contributed by atoms with van der Waals surface area (Å²) in [6, 6.07) is 4.93. The van der Waals surface area contributed by atoms with Crippen LogP contribution in [0.1, 0.15) is 82.1 Å². The molecule has 270 valence electrons. The van der Waals surface area contributed by atoms with Gasteiger partial charge in [0.15, 0.2) is 5.60 Å². The molecule has 1 saturated heterocycles. The molecule has 0 bridgehead atoms. The second-order valence-electron chi connectivity index (χ2n) is 14.9. The number of benzene rings is 1. The Morgan fingerprint density at radius 3 is 2.35 bits per heavy atom. The molecule has 0 aliphatic carbocycles. The fourth-order valence-corrected chi connectivity index (χ4v) is 6.06. The van der Waals surface area contributed by atoms with Crippen molar-refractivity contribution in [2.24, 2.45) is 17.8 Å². The summed E-state index contributed by atoms with van der Waals surface area (Å²) in [5.41, 5.74) is -0.623. The molecule has 12 nitrogen and oxygen atoms in total. The van der Waals surface area contributed by atoms with Gasteiger partial charge in [-0.15, -0.1) is 0 Å². The van der Waals surface area contributed by atoms with E-state index in [2.05, 4.69) is 5.32 Å². The fraction of sp³-hybridized carbons (Fsp3) is 0.722. The molecule has 2 aliphatic heterocycles. The average Bonchev–Trinajstić information content (AvgIpc) is 2.99. The molecule has 1 fully saturated rings. The first-order valence-corrected chi connectivity index (χ1v) is 17.2. The topological polar surface area (TPSA) is 127 Å². The number of ether oxygens (including phenoxy) is 4. The van der Waals surface area contributed by atoms with Crippen LogP contribution in [-0.4, -0.2) is 98.6 Å². The summed E-state index contributed by atoms with van der Waals surface area (Å²) in [5.74, 6) is -1.27. The van der Waals surface area contributed by atoms with Gasteiger partial charge in [-0.25, -0.2) is 4.79 Å². The zero-order valence-corrected chi connectivity index (χ0v) is 30.9. The number of likely N-dealkylation sites (tertiary alicyclic amines) is 1. The second kappa shape index (κ2) is 16.3. The lowest BCUT2D eigenvalue weighted by molar-refractivity contribution is -0.133. The highest BCUT2D eigenvalue weighted by Gasteiger charge is 2.43. The van der Waals surface area contributed by atoms with Crippen molar-refractivity contribution in [3.05, 3.63) is 18.2 Å². The summed E-state index contributed by atoms with van der Waals surface area (Å²) in [5, 5.41) is 3.11. The number of carbonyl (C=O) groups excluding carboxylic acids is 4. The summed E-state index contributed by atoms with van der Waals surface area (Å²) in [6.45, 7) is 20.7. The van der Waals surface area contributed by atoms with Crippen LogP contribution in [0.15, 0.2) is 18.2 Å². The third-order valence-electron chi connectivity index (χ3n) is 8.58. The molecule has 4 amide bonds. The molecule has 2 heterocycles. The number of anilines is 2. The van der Waals surface area contributed by atoms with Crippen LogP contribution in [0.25, 0.3) is 0 Å². The molecular formula is C36H58N4O8. The monoisotopic (exact) mass is 674 g/mol. The number of nitrogens with one attached hydrogen (secondary N) is 1. The van der Waals surface area contributed by atoms with Crippen LogP contribution >= 0.6 is 0 Å². The summed E-state index contributed by atoms with van der Waals surface area (Å²) in [4.78, 5) is 59.9. The van der Waals surface area contributed by atoms with Gasteiger partial charge in [0.05, 0.1) is 30.2 Å². The maximum absolute atomic E-state index is 14.5. The molecule has 0 spiro atoms. The Morgan fingerprint density at radius 2 is 1.77 bits per heavy atom. The maximum Gasteiger partial charge on any atom is 0.410 e.